The summed E-state index contributed by atoms with van der Waals surface area (Å²) < 4.78 is 6.31. The van der Waals surface area contributed by atoms with Crippen molar-refractivity contribution in [2.45, 2.75) is 52.3 Å². The molecule has 0 aliphatic heterocycles. The number of hydrogen-bond donors (Lipinski definition) is 2. The first-order valence-electron chi connectivity index (χ1n) is 10.9. The summed E-state index contributed by atoms with van der Waals surface area (Å²) in [5, 5.41) is 12.2. The monoisotopic (exact) mass is 415 g/mol. The maximum atomic E-state index is 11.1. The third-order valence-electron chi connectivity index (χ3n) is 6.22. The highest BCUT2D eigenvalue weighted by molar-refractivity contribution is 5.72. The number of hydrogen-bond acceptors (Lipinski definition) is 3. The lowest BCUT2D eigenvalue weighted by molar-refractivity contribution is -0.139. The van der Waals surface area contributed by atoms with E-state index >= 15 is 0 Å². The van der Waals surface area contributed by atoms with E-state index in [9.17, 15) is 4.79 Å². The van der Waals surface area contributed by atoms with E-state index in [0.717, 1.165) is 25.0 Å². The van der Waals surface area contributed by atoms with Gasteiger partial charge in [0.1, 0.15) is 18.4 Å². The van der Waals surface area contributed by atoms with E-state index in [-0.39, 0.29) is 0 Å². The minimum atomic E-state index is -0.829. The fourth-order valence-corrected chi connectivity index (χ4v) is 4.32. The molecular formula is C27H29NO3. The van der Waals surface area contributed by atoms with Crippen molar-refractivity contribution in [1.29, 1.82) is 0 Å². The van der Waals surface area contributed by atoms with Crippen molar-refractivity contribution >= 4 is 5.97 Å². The third-order valence-corrected chi connectivity index (χ3v) is 6.22. The minimum Gasteiger partial charge on any atom is -0.489 e. The Balaban J connectivity index is 1.51. The molecule has 1 aliphatic rings. The van der Waals surface area contributed by atoms with E-state index in [1.807, 2.05) is 12.1 Å². The molecule has 3 aromatic carbocycles. The Morgan fingerprint density at radius 1 is 1.00 bits per heavy atom. The number of nitrogens with one attached hydrogen (secondary N) is 1. The van der Waals surface area contributed by atoms with E-state index in [1.165, 1.54) is 38.9 Å². The average molecular weight is 416 g/mol. The summed E-state index contributed by atoms with van der Waals surface area (Å²) >= 11 is 0. The molecule has 4 heteroatoms. The van der Waals surface area contributed by atoms with Crippen LogP contribution in [0.15, 0.2) is 60.7 Å². The number of carboxylic acids is 1. The maximum absolute atomic E-state index is 11.1. The van der Waals surface area contributed by atoms with Gasteiger partial charge in [-0.15, -0.1) is 0 Å². The Bertz CT molecular complexity index is 1080. The largest absolute Gasteiger partial charge is 0.489 e. The molecule has 0 radical (unpaired) electrons. The van der Waals surface area contributed by atoms with Crippen LogP contribution in [0.4, 0.5) is 0 Å². The number of ether oxygens (including phenoxy) is 1. The van der Waals surface area contributed by atoms with Crippen LogP contribution >= 0.6 is 0 Å². The summed E-state index contributed by atoms with van der Waals surface area (Å²) in [5.41, 5.74) is 8.66. The molecule has 2 N–H and O–H groups in total. The highest BCUT2D eigenvalue weighted by Gasteiger charge is 2.20. The second-order valence-electron chi connectivity index (χ2n) is 8.22. The van der Waals surface area contributed by atoms with Crippen molar-refractivity contribution in [2.75, 3.05) is 0 Å². The highest BCUT2D eigenvalue weighted by Crippen LogP contribution is 2.34. The number of fused-ring (bicyclic) bond motifs is 1. The number of carboxylic acid groups (broad SMARTS) is 1. The molecule has 3 aromatic rings. The first-order chi connectivity index (χ1) is 15.0. The normalized spacial score (nSPS) is 13.6. The van der Waals surface area contributed by atoms with Gasteiger partial charge in [0.15, 0.2) is 0 Å². The number of carbonyl (C=O) groups is 1. The van der Waals surface area contributed by atoms with Crippen LogP contribution in [0.3, 0.4) is 0 Å². The zero-order valence-corrected chi connectivity index (χ0v) is 18.2. The zero-order valence-electron chi connectivity index (χ0n) is 18.2. The molecule has 0 saturated carbocycles. The van der Waals surface area contributed by atoms with Crippen molar-refractivity contribution in [3.63, 3.8) is 0 Å². The van der Waals surface area contributed by atoms with Crippen LogP contribution in [0.25, 0.3) is 11.1 Å². The third kappa shape index (κ3) is 4.64. The van der Waals surface area contributed by atoms with E-state index in [1.54, 1.807) is 6.92 Å². The fraction of sp³-hybridized carbons (Fsp3) is 0.296. The molecule has 1 aliphatic carbocycles. The molecule has 4 rings (SSSR count). The molecule has 31 heavy (non-hydrogen) atoms. The first-order valence-corrected chi connectivity index (χ1v) is 10.9. The lowest BCUT2D eigenvalue weighted by Crippen LogP contribution is -2.33. The molecule has 4 nitrogen and oxygen atoms in total. The molecule has 0 heterocycles. The van der Waals surface area contributed by atoms with Crippen LogP contribution in [0.5, 0.6) is 5.75 Å². The van der Waals surface area contributed by atoms with Gasteiger partial charge in [0, 0.05) is 6.54 Å². The molecule has 0 bridgehead atoms. The number of aliphatic carboxylic acids is 1. The smallest absolute Gasteiger partial charge is 0.320 e. The minimum absolute atomic E-state index is 0.534. The summed E-state index contributed by atoms with van der Waals surface area (Å²) in [6.07, 6.45) is 3.14. The molecule has 0 saturated heterocycles. The molecule has 160 valence electrons. The Morgan fingerprint density at radius 3 is 2.55 bits per heavy atom. The fourth-order valence-electron chi connectivity index (χ4n) is 4.32. The topological polar surface area (TPSA) is 58.6 Å². The Morgan fingerprint density at radius 2 is 1.77 bits per heavy atom. The first kappa shape index (κ1) is 21.1. The van der Waals surface area contributed by atoms with E-state index in [4.69, 9.17) is 9.84 Å². The average Bonchev–Trinajstić information content (AvgIpc) is 3.28. The van der Waals surface area contributed by atoms with Gasteiger partial charge in [-0.2, -0.15) is 0 Å². The predicted octanol–water partition coefficient (Wildman–Crippen LogP) is 5.29. The van der Waals surface area contributed by atoms with E-state index < -0.39 is 12.0 Å². The van der Waals surface area contributed by atoms with Crippen molar-refractivity contribution in [3.8, 4) is 16.9 Å². The zero-order chi connectivity index (χ0) is 21.8. The SMILES string of the molecule is Cc1c(COc2ccc(CNC(C)C(=O)O)c3c2CCC3)cccc1-c1ccccc1. The second kappa shape index (κ2) is 9.36. The lowest BCUT2D eigenvalue weighted by atomic mass is 9.97. The van der Waals surface area contributed by atoms with Crippen molar-refractivity contribution in [3.05, 3.63) is 88.5 Å². The van der Waals surface area contributed by atoms with E-state index in [2.05, 4.69) is 60.8 Å². The van der Waals surface area contributed by atoms with Crippen LogP contribution in [0.1, 0.15) is 41.2 Å². The van der Waals surface area contributed by atoms with Gasteiger partial charge in [0.05, 0.1) is 0 Å². The molecule has 1 atom stereocenters. The Hall–Kier alpha value is -3.11. The summed E-state index contributed by atoms with van der Waals surface area (Å²) in [7, 11) is 0. The molecule has 0 aromatic heterocycles. The van der Waals surface area contributed by atoms with Gasteiger partial charge in [-0.3, -0.25) is 4.79 Å². The van der Waals surface area contributed by atoms with Gasteiger partial charge in [-0.05, 0) is 78.1 Å². The second-order valence-corrected chi connectivity index (χ2v) is 8.22. The Labute approximate surface area is 183 Å². The molecule has 0 fully saturated rings. The highest BCUT2D eigenvalue weighted by atomic mass is 16.5. The summed E-state index contributed by atoms with van der Waals surface area (Å²) in [6, 6.07) is 20.4. The standard InChI is InChI=1S/C27H29NO3/c1-18-22(10-6-11-23(18)20-8-4-3-5-9-20)17-31-26-15-14-21(16-28-19(2)27(29)30)24-12-7-13-25(24)26/h3-6,8-11,14-15,19,28H,7,12-13,16-17H2,1-2H3,(H,29,30). The predicted molar refractivity (Wildman–Crippen MR) is 123 cm³/mol. The van der Waals surface area contributed by atoms with Crippen LogP contribution in [0.2, 0.25) is 0 Å². The van der Waals surface area contributed by atoms with Crippen molar-refractivity contribution < 1.29 is 14.6 Å². The molecule has 0 amide bonds. The number of rotatable bonds is 8. The summed E-state index contributed by atoms with van der Waals surface area (Å²) in [4.78, 5) is 11.1. The van der Waals surface area contributed by atoms with Crippen LogP contribution in [0, 0.1) is 6.92 Å². The molecule has 1 unspecified atom stereocenters. The van der Waals surface area contributed by atoms with Gasteiger partial charge in [0.25, 0.3) is 0 Å². The lowest BCUT2D eigenvalue weighted by Gasteiger charge is -2.17. The van der Waals surface area contributed by atoms with Gasteiger partial charge >= 0.3 is 5.97 Å². The summed E-state index contributed by atoms with van der Waals surface area (Å²) in [6.45, 7) is 4.93. The summed E-state index contributed by atoms with van der Waals surface area (Å²) in [5.74, 6) is 0.122. The van der Waals surface area contributed by atoms with Crippen LogP contribution in [-0.2, 0) is 30.8 Å². The maximum Gasteiger partial charge on any atom is 0.320 e. The Kier molecular flexibility index (Phi) is 6.38. The van der Waals surface area contributed by atoms with Crippen LogP contribution < -0.4 is 10.1 Å². The quantitative estimate of drug-likeness (QED) is 0.525. The molecule has 0 spiro atoms. The van der Waals surface area contributed by atoms with E-state index in [0.29, 0.717) is 13.2 Å². The van der Waals surface area contributed by atoms with Gasteiger partial charge in [0.2, 0.25) is 0 Å². The van der Waals surface area contributed by atoms with Gasteiger partial charge in [-0.1, -0.05) is 54.6 Å². The van der Waals surface area contributed by atoms with Crippen LogP contribution in [-0.4, -0.2) is 17.1 Å². The van der Waals surface area contributed by atoms with Crippen molar-refractivity contribution in [1.82, 2.24) is 5.32 Å². The van der Waals surface area contributed by atoms with Crippen molar-refractivity contribution in [2.24, 2.45) is 0 Å². The number of benzene rings is 3. The molecular weight excluding hydrogens is 386 g/mol. The van der Waals surface area contributed by atoms with Gasteiger partial charge < -0.3 is 15.2 Å². The van der Waals surface area contributed by atoms with Gasteiger partial charge in [-0.25, -0.2) is 0 Å².